The molecule has 3 aromatic rings. The summed E-state index contributed by atoms with van der Waals surface area (Å²) in [6.45, 7) is 4.26. The third-order valence-corrected chi connectivity index (χ3v) is 12.6. The highest BCUT2D eigenvalue weighted by Gasteiger charge is 2.65. The maximum atomic E-state index is 14.6. The zero-order valence-corrected chi connectivity index (χ0v) is 26.2. The number of carbonyl (C=O) groups excluding carboxylic acids is 1. The van der Waals surface area contributed by atoms with Crippen LogP contribution in [0.4, 0.5) is 0 Å². The molecule has 0 saturated heterocycles. The van der Waals surface area contributed by atoms with Gasteiger partial charge in [-0.05, 0) is 84.7 Å². The van der Waals surface area contributed by atoms with Gasteiger partial charge in [-0.25, -0.2) is 0 Å². The van der Waals surface area contributed by atoms with Crippen LogP contribution in [0.2, 0.25) is 0 Å². The molecule has 3 unspecified atom stereocenters. The Morgan fingerprint density at radius 2 is 1.02 bits per heavy atom. The molecule has 0 bridgehead atoms. The third kappa shape index (κ3) is 5.22. The lowest BCUT2D eigenvalue weighted by molar-refractivity contribution is -0.178. The Balaban J connectivity index is 1.73. The molecule has 3 aromatic carbocycles. The average molecular weight is 581 g/mol. The van der Waals surface area contributed by atoms with Crippen molar-refractivity contribution in [3.63, 3.8) is 0 Å². The molecule has 6 rings (SSSR count). The number of hydrogen-bond acceptors (Lipinski definition) is 3. The van der Waals surface area contributed by atoms with Crippen molar-refractivity contribution in [1.82, 2.24) is 0 Å². The minimum Gasteiger partial charge on any atom is -0.595 e. The van der Waals surface area contributed by atoms with Crippen molar-refractivity contribution in [2.75, 3.05) is 0 Å². The molecule has 3 aliphatic rings. The van der Waals surface area contributed by atoms with Gasteiger partial charge < -0.3 is 4.89 Å². The van der Waals surface area contributed by atoms with Crippen molar-refractivity contribution < 1.29 is 14.3 Å². The fourth-order valence-electron chi connectivity index (χ4n) is 9.20. The maximum absolute atomic E-state index is 14.6. The highest BCUT2D eigenvalue weighted by molar-refractivity contribution is 7.38. The monoisotopic (exact) mass is 580 g/mol. The van der Waals surface area contributed by atoms with Crippen LogP contribution in [0.3, 0.4) is 0 Å². The summed E-state index contributed by atoms with van der Waals surface area (Å²) in [4.78, 5) is 28.3. The van der Waals surface area contributed by atoms with Crippen LogP contribution in [0.5, 0.6) is 0 Å². The molecule has 0 N–H and O–H groups in total. The molecule has 0 aromatic heterocycles. The number of carbonyl (C=O) groups is 1. The van der Waals surface area contributed by atoms with Gasteiger partial charge in [0.1, 0.15) is 5.78 Å². The normalized spacial score (nSPS) is 26.3. The van der Waals surface area contributed by atoms with Crippen LogP contribution in [0.1, 0.15) is 93.7 Å². The molecule has 3 fully saturated rings. The molecule has 42 heavy (non-hydrogen) atoms. The van der Waals surface area contributed by atoms with E-state index >= 15 is 0 Å². The van der Waals surface area contributed by atoms with Crippen LogP contribution in [0, 0.1) is 37.5 Å². The predicted molar refractivity (Wildman–Crippen MR) is 170 cm³/mol. The van der Waals surface area contributed by atoms with Gasteiger partial charge in [0.25, 0.3) is 0 Å². The zero-order chi connectivity index (χ0) is 29.3. The second kappa shape index (κ2) is 12.6. The SMILES string of the molecule is Cc1ccccc1-c1cccc(-c2ccccc2C)c1C1([P+](=O)[O-])C(C2CCCCC2)CC(=O)CC1C1CCCCC1. The van der Waals surface area contributed by atoms with Crippen molar-refractivity contribution in [2.24, 2.45) is 23.7 Å². The van der Waals surface area contributed by atoms with Crippen molar-refractivity contribution in [1.29, 1.82) is 0 Å². The Labute approximate surface area is 253 Å². The number of Topliss-reactive ketones (excluding diaryl/α,β-unsaturated/α-hetero) is 1. The van der Waals surface area contributed by atoms with Gasteiger partial charge in [0.05, 0.1) is 0 Å². The lowest BCUT2D eigenvalue weighted by Gasteiger charge is -2.51. The van der Waals surface area contributed by atoms with Crippen LogP contribution < -0.4 is 4.89 Å². The number of benzene rings is 3. The minimum atomic E-state index is -2.91. The molecule has 0 aliphatic heterocycles. The number of aryl methyl sites for hydroxylation is 2. The van der Waals surface area contributed by atoms with Gasteiger partial charge in [-0.1, -0.05) is 110 Å². The number of ketones is 1. The summed E-state index contributed by atoms with van der Waals surface area (Å²) < 4.78 is 14.6. The van der Waals surface area contributed by atoms with Crippen molar-refractivity contribution in [2.45, 2.75) is 96.1 Å². The summed E-state index contributed by atoms with van der Waals surface area (Å²) >= 11 is 0. The summed E-state index contributed by atoms with van der Waals surface area (Å²) in [5.74, 6) is 0.382. The molecule has 3 nitrogen and oxygen atoms in total. The minimum absolute atomic E-state index is 0.194. The first-order valence-corrected chi connectivity index (χ1v) is 17.5. The molecule has 3 aliphatic carbocycles. The first-order valence-electron chi connectivity index (χ1n) is 16.3. The largest absolute Gasteiger partial charge is 0.595 e. The van der Waals surface area contributed by atoms with E-state index in [0.717, 1.165) is 90.3 Å². The van der Waals surface area contributed by atoms with E-state index < -0.39 is 13.2 Å². The van der Waals surface area contributed by atoms with Crippen LogP contribution in [0.25, 0.3) is 22.3 Å². The first kappa shape index (κ1) is 29.5. The highest BCUT2D eigenvalue weighted by Crippen LogP contribution is 2.67. The van der Waals surface area contributed by atoms with Crippen LogP contribution in [0.15, 0.2) is 66.7 Å². The van der Waals surface area contributed by atoms with Crippen molar-refractivity contribution in [3.05, 3.63) is 83.4 Å². The molecular formula is C38H45O3P. The summed E-state index contributed by atoms with van der Waals surface area (Å²) in [7, 11) is -2.91. The lowest BCUT2D eigenvalue weighted by Crippen LogP contribution is -2.53. The van der Waals surface area contributed by atoms with E-state index in [0.29, 0.717) is 12.8 Å². The molecule has 4 heteroatoms. The van der Waals surface area contributed by atoms with E-state index in [-0.39, 0.29) is 29.5 Å². The summed E-state index contributed by atoms with van der Waals surface area (Å²) in [5, 5.41) is -1.09. The molecule has 3 saturated carbocycles. The second-order valence-corrected chi connectivity index (χ2v) is 14.7. The van der Waals surface area contributed by atoms with Crippen molar-refractivity contribution >= 4 is 13.8 Å². The van der Waals surface area contributed by atoms with E-state index in [9.17, 15) is 14.3 Å². The van der Waals surface area contributed by atoms with Gasteiger partial charge in [0.2, 0.25) is 0 Å². The molecule has 0 radical (unpaired) electrons. The summed E-state index contributed by atoms with van der Waals surface area (Å²) in [6.07, 6.45) is 11.7. The Hall–Kier alpha value is -2.61. The van der Waals surface area contributed by atoms with Gasteiger partial charge in [0.15, 0.2) is 5.16 Å². The molecule has 0 heterocycles. The maximum Gasteiger partial charge on any atom is 0.320 e. The van der Waals surface area contributed by atoms with E-state index in [4.69, 9.17) is 0 Å². The lowest BCUT2D eigenvalue weighted by atomic mass is 9.55. The van der Waals surface area contributed by atoms with Gasteiger partial charge in [-0.15, -0.1) is 0 Å². The van der Waals surface area contributed by atoms with E-state index in [1.54, 1.807) is 0 Å². The van der Waals surface area contributed by atoms with Gasteiger partial charge in [0, 0.05) is 30.2 Å². The van der Waals surface area contributed by atoms with E-state index in [1.807, 2.05) is 0 Å². The second-order valence-electron chi connectivity index (χ2n) is 13.4. The Morgan fingerprint density at radius 3 is 1.43 bits per heavy atom. The third-order valence-electron chi connectivity index (χ3n) is 11.1. The van der Waals surface area contributed by atoms with Crippen LogP contribution >= 0.6 is 8.03 Å². The zero-order valence-electron chi connectivity index (χ0n) is 25.3. The molecule has 220 valence electrons. The molecular weight excluding hydrogens is 535 g/mol. The molecule has 3 atom stereocenters. The Kier molecular flexibility index (Phi) is 8.80. The first-order chi connectivity index (χ1) is 20.4. The number of hydrogen-bond donors (Lipinski definition) is 0. The predicted octanol–water partition coefficient (Wildman–Crippen LogP) is 9.69. The van der Waals surface area contributed by atoms with Crippen LogP contribution in [-0.4, -0.2) is 5.78 Å². The average Bonchev–Trinajstić information content (AvgIpc) is 3.02. The summed E-state index contributed by atoms with van der Waals surface area (Å²) in [6, 6.07) is 23.2. The van der Waals surface area contributed by atoms with Crippen LogP contribution in [-0.2, 0) is 14.5 Å². The Bertz CT molecular complexity index is 1350. The number of rotatable bonds is 6. The molecule has 0 amide bonds. The smallest absolute Gasteiger partial charge is 0.320 e. The van der Waals surface area contributed by atoms with E-state index in [1.165, 1.54) is 12.8 Å². The van der Waals surface area contributed by atoms with Gasteiger partial charge in [-0.3, -0.25) is 4.79 Å². The van der Waals surface area contributed by atoms with Gasteiger partial charge in [-0.2, -0.15) is 0 Å². The van der Waals surface area contributed by atoms with E-state index in [2.05, 4.69) is 80.6 Å². The van der Waals surface area contributed by atoms with Crippen molar-refractivity contribution in [3.8, 4) is 22.3 Å². The fraction of sp³-hybridized carbons (Fsp3) is 0.500. The summed E-state index contributed by atoms with van der Waals surface area (Å²) in [5.41, 5.74) is 7.53. The molecule has 0 spiro atoms. The quantitative estimate of drug-likeness (QED) is 0.273. The standard InChI is InChI=1S/C38H45O3P/c1-26-14-9-11-20-31(26)33-22-13-23-34(32-21-12-10-15-27(32)2)37(33)38(42(40)41)35(28-16-5-3-6-17-28)24-30(39)25-36(38)29-18-7-4-8-19-29/h9-15,20-23,28-29,35-36H,3-8,16-19,24-25H2,1-2H3. The highest BCUT2D eigenvalue weighted by atomic mass is 31.1. The van der Waals surface area contributed by atoms with Gasteiger partial charge >= 0.3 is 8.03 Å². The topological polar surface area (TPSA) is 57.2 Å². The fourth-order valence-corrected chi connectivity index (χ4v) is 10.8. The Morgan fingerprint density at radius 1 is 0.619 bits per heavy atom.